The maximum atomic E-state index is 11.8. The third-order valence-corrected chi connectivity index (χ3v) is 3.66. The van der Waals surface area contributed by atoms with Crippen molar-refractivity contribution in [3.05, 3.63) is 35.2 Å². The van der Waals surface area contributed by atoms with Gasteiger partial charge in [0.2, 0.25) is 17.6 Å². The molecule has 6 nitrogen and oxygen atoms in total. The topological polar surface area (TPSA) is 88.2 Å². The highest BCUT2D eigenvalue weighted by Crippen LogP contribution is 2.18. The third-order valence-electron chi connectivity index (χ3n) is 3.41. The second-order valence-electron chi connectivity index (χ2n) is 5.44. The van der Waals surface area contributed by atoms with Gasteiger partial charge in [-0.1, -0.05) is 23.7 Å². The minimum absolute atomic E-state index is 0.0685. The molecular formula is C16H20ClN3O3. The Morgan fingerprint density at radius 1 is 1.39 bits per heavy atom. The lowest BCUT2D eigenvalue weighted by atomic mass is 10.1. The number of nitrogens with zero attached hydrogens (tertiary/aromatic N) is 2. The number of aliphatic hydroxyl groups is 1. The second kappa shape index (κ2) is 8.64. The van der Waals surface area contributed by atoms with E-state index >= 15 is 0 Å². The molecule has 1 heterocycles. The number of hydrogen-bond donors (Lipinski definition) is 2. The molecule has 2 N–H and O–H groups in total. The first-order chi connectivity index (χ1) is 11.1. The van der Waals surface area contributed by atoms with Crippen molar-refractivity contribution < 1.29 is 14.4 Å². The van der Waals surface area contributed by atoms with Gasteiger partial charge in [0, 0.05) is 36.6 Å². The molecule has 0 saturated carbocycles. The van der Waals surface area contributed by atoms with E-state index in [1.807, 2.05) is 19.1 Å². The number of carbonyl (C=O) groups excluding carboxylic acids is 1. The standard InChI is InChI=1S/C16H20ClN3O3/c1-11(8-9-21)10-18-14(22)6-7-15-19-16(20-23-15)12-2-4-13(17)5-3-12/h2-5,11,21H,6-10H2,1H3,(H,18,22). The van der Waals surface area contributed by atoms with E-state index in [0.717, 1.165) is 5.56 Å². The van der Waals surface area contributed by atoms with Gasteiger partial charge in [0.05, 0.1) is 0 Å². The largest absolute Gasteiger partial charge is 0.396 e. The lowest BCUT2D eigenvalue weighted by Crippen LogP contribution is -2.28. The first-order valence-corrected chi connectivity index (χ1v) is 7.92. The van der Waals surface area contributed by atoms with Gasteiger partial charge in [-0.15, -0.1) is 0 Å². The Morgan fingerprint density at radius 2 is 2.13 bits per heavy atom. The van der Waals surface area contributed by atoms with E-state index in [-0.39, 0.29) is 24.9 Å². The Bertz CT molecular complexity index is 628. The van der Waals surface area contributed by atoms with Crippen LogP contribution in [0, 0.1) is 5.92 Å². The third kappa shape index (κ3) is 5.65. The van der Waals surface area contributed by atoms with Crippen molar-refractivity contribution in [2.24, 2.45) is 5.92 Å². The molecule has 0 spiro atoms. The van der Waals surface area contributed by atoms with Gasteiger partial charge < -0.3 is 14.9 Å². The monoisotopic (exact) mass is 337 g/mol. The summed E-state index contributed by atoms with van der Waals surface area (Å²) in [5.74, 6) is 1.09. The van der Waals surface area contributed by atoms with Gasteiger partial charge in [0.15, 0.2) is 0 Å². The van der Waals surface area contributed by atoms with E-state index < -0.39 is 0 Å². The van der Waals surface area contributed by atoms with Crippen molar-refractivity contribution in [1.29, 1.82) is 0 Å². The Hall–Kier alpha value is -1.92. The summed E-state index contributed by atoms with van der Waals surface area (Å²) in [5.41, 5.74) is 0.812. The average Bonchev–Trinajstić information content (AvgIpc) is 3.01. The molecule has 23 heavy (non-hydrogen) atoms. The molecule has 0 fully saturated rings. The summed E-state index contributed by atoms with van der Waals surface area (Å²) in [6.07, 6.45) is 1.35. The van der Waals surface area contributed by atoms with Crippen LogP contribution in [0.15, 0.2) is 28.8 Å². The second-order valence-corrected chi connectivity index (χ2v) is 5.88. The van der Waals surface area contributed by atoms with Crippen molar-refractivity contribution in [1.82, 2.24) is 15.5 Å². The van der Waals surface area contributed by atoms with Crippen LogP contribution >= 0.6 is 11.6 Å². The van der Waals surface area contributed by atoms with Gasteiger partial charge in [0.1, 0.15) is 0 Å². The molecule has 7 heteroatoms. The van der Waals surface area contributed by atoms with Gasteiger partial charge in [-0.3, -0.25) is 4.79 Å². The highest BCUT2D eigenvalue weighted by Gasteiger charge is 2.11. The molecule has 124 valence electrons. The highest BCUT2D eigenvalue weighted by atomic mass is 35.5. The summed E-state index contributed by atoms with van der Waals surface area (Å²) in [5, 5.41) is 16.2. The fourth-order valence-corrected chi connectivity index (χ4v) is 2.12. The fraction of sp³-hybridized carbons (Fsp3) is 0.438. The number of rotatable bonds is 8. The maximum absolute atomic E-state index is 11.8. The lowest BCUT2D eigenvalue weighted by Gasteiger charge is -2.10. The summed E-state index contributed by atoms with van der Waals surface area (Å²) in [4.78, 5) is 16.0. The Labute approximate surface area is 139 Å². The molecule has 1 amide bonds. The SMILES string of the molecule is CC(CCO)CNC(=O)CCc1nc(-c2ccc(Cl)cc2)no1. The van der Waals surface area contributed by atoms with Crippen LogP contribution in [0.25, 0.3) is 11.4 Å². The molecule has 0 radical (unpaired) electrons. The normalized spacial score (nSPS) is 12.1. The number of hydrogen-bond acceptors (Lipinski definition) is 5. The highest BCUT2D eigenvalue weighted by molar-refractivity contribution is 6.30. The summed E-state index contributed by atoms with van der Waals surface area (Å²) in [6.45, 7) is 2.67. The van der Waals surface area contributed by atoms with E-state index in [1.54, 1.807) is 12.1 Å². The van der Waals surface area contributed by atoms with E-state index in [0.29, 0.717) is 36.1 Å². The van der Waals surface area contributed by atoms with Crippen LogP contribution in [-0.4, -0.2) is 34.3 Å². The molecule has 0 aliphatic carbocycles. The molecule has 0 saturated heterocycles. The minimum atomic E-state index is -0.0685. The molecule has 1 atom stereocenters. The van der Waals surface area contributed by atoms with Gasteiger partial charge in [0.25, 0.3) is 0 Å². The quantitative estimate of drug-likeness (QED) is 0.772. The van der Waals surface area contributed by atoms with E-state index in [1.165, 1.54) is 0 Å². The summed E-state index contributed by atoms with van der Waals surface area (Å²) >= 11 is 5.84. The summed E-state index contributed by atoms with van der Waals surface area (Å²) in [6, 6.07) is 7.14. The fourth-order valence-electron chi connectivity index (χ4n) is 1.99. The number of halogens is 1. The van der Waals surface area contributed by atoms with E-state index in [9.17, 15) is 4.79 Å². The zero-order valence-corrected chi connectivity index (χ0v) is 13.7. The van der Waals surface area contributed by atoms with Crippen LogP contribution < -0.4 is 5.32 Å². The zero-order valence-electron chi connectivity index (χ0n) is 13.0. The average molecular weight is 338 g/mol. The van der Waals surface area contributed by atoms with Crippen LogP contribution in [0.5, 0.6) is 0 Å². The van der Waals surface area contributed by atoms with Crippen molar-refractivity contribution in [3.63, 3.8) is 0 Å². The maximum Gasteiger partial charge on any atom is 0.227 e. The molecule has 2 aromatic rings. The number of aryl methyl sites for hydroxylation is 1. The van der Waals surface area contributed by atoms with Crippen molar-refractivity contribution in [2.45, 2.75) is 26.2 Å². The zero-order chi connectivity index (χ0) is 16.7. The predicted octanol–water partition coefficient (Wildman–Crippen LogP) is 2.46. The Morgan fingerprint density at radius 3 is 2.83 bits per heavy atom. The number of carbonyl (C=O) groups is 1. The van der Waals surface area contributed by atoms with Gasteiger partial charge in [-0.25, -0.2) is 0 Å². The van der Waals surface area contributed by atoms with Crippen LogP contribution in [0.2, 0.25) is 5.02 Å². The molecule has 0 aliphatic heterocycles. The van der Waals surface area contributed by atoms with E-state index in [4.69, 9.17) is 21.2 Å². The summed E-state index contributed by atoms with van der Waals surface area (Å²) < 4.78 is 5.16. The molecule has 1 aromatic heterocycles. The van der Waals surface area contributed by atoms with Crippen LogP contribution in [0.4, 0.5) is 0 Å². The molecule has 0 aliphatic rings. The Balaban J connectivity index is 1.80. The molecular weight excluding hydrogens is 318 g/mol. The van der Waals surface area contributed by atoms with Crippen molar-refractivity contribution >= 4 is 17.5 Å². The molecule has 2 rings (SSSR count). The van der Waals surface area contributed by atoms with Crippen LogP contribution in [0.1, 0.15) is 25.7 Å². The van der Waals surface area contributed by atoms with Crippen LogP contribution in [0.3, 0.4) is 0 Å². The first-order valence-electron chi connectivity index (χ1n) is 7.54. The molecule has 0 bridgehead atoms. The molecule has 1 aromatic carbocycles. The van der Waals surface area contributed by atoms with Gasteiger partial charge in [-0.05, 0) is 36.6 Å². The van der Waals surface area contributed by atoms with Crippen molar-refractivity contribution in [2.75, 3.05) is 13.2 Å². The van der Waals surface area contributed by atoms with Crippen LogP contribution in [-0.2, 0) is 11.2 Å². The smallest absolute Gasteiger partial charge is 0.227 e. The number of aliphatic hydroxyl groups excluding tert-OH is 1. The number of aromatic nitrogens is 2. The first kappa shape index (κ1) is 17.4. The minimum Gasteiger partial charge on any atom is -0.396 e. The number of amides is 1. The molecule has 1 unspecified atom stereocenters. The lowest BCUT2D eigenvalue weighted by molar-refractivity contribution is -0.121. The summed E-state index contributed by atoms with van der Waals surface area (Å²) in [7, 11) is 0. The van der Waals surface area contributed by atoms with Crippen molar-refractivity contribution in [3.8, 4) is 11.4 Å². The van der Waals surface area contributed by atoms with Gasteiger partial charge in [-0.2, -0.15) is 4.98 Å². The van der Waals surface area contributed by atoms with E-state index in [2.05, 4.69) is 15.5 Å². The van der Waals surface area contributed by atoms with Gasteiger partial charge >= 0.3 is 0 Å². The number of nitrogens with one attached hydrogen (secondary N) is 1. The number of benzene rings is 1. The Kier molecular flexibility index (Phi) is 6.55. The predicted molar refractivity (Wildman–Crippen MR) is 86.9 cm³/mol.